The van der Waals surface area contributed by atoms with Crippen LogP contribution in [0.15, 0.2) is 36.4 Å². The zero-order valence-corrected chi connectivity index (χ0v) is 18.1. The average molecular weight is 429 g/mol. The number of anilines is 1. The molecule has 4 rings (SSSR count). The average Bonchev–Trinajstić information content (AvgIpc) is 3.47. The molecule has 1 aliphatic heterocycles. The fraction of sp³-hybridized carbons (Fsp3) is 0.435. The number of hydrogen-bond acceptors (Lipinski definition) is 4. The lowest BCUT2D eigenvalue weighted by Crippen LogP contribution is -2.41. The Morgan fingerprint density at radius 1 is 1.06 bits per heavy atom. The van der Waals surface area contributed by atoms with Crippen molar-refractivity contribution in [1.29, 1.82) is 0 Å². The van der Waals surface area contributed by atoms with E-state index in [1.807, 2.05) is 27.7 Å². The molecular formula is C23H26BF2NO4. The van der Waals surface area contributed by atoms with Crippen LogP contribution in [0.1, 0.15) is 56.5 Å². The Balaban J connectivity index is 1.48. The van der Waals surface area contributed by atoms with E-state index in [1.165, 1.54) is 24.3 Å². The van der Waals surface area contributed by atoms with E-state index in [9.17, 15) is 13.6 Å². The molecule has 1 saturated heterocycles. The van der Waals surface area contributed by atoms with Crippen molar-refractivity contribution in [3.63, 3.8) is 0 Å². The predicted octanol–water partition coefficient (Wildman–Crippen LogP) is 4.20. The Bertz CT molecular complexity index is 991. The highest BCUT2D eigenvalue weighted by molar-refractivity contribution is 6.62. The van der Waals surface area contributed by atoms with Crippen LogP contribution in [0.5, 0.6) is 0 Å². The third-order valence-corrected chi connectivity index (χ3v) is 6.07. The maximum atomic E-state index is 14.4. The van der Waals surface area contributed by atoms with Crippen LogP contribution in [0, 0.1) is 11.6 Å². The summed E-state index contributed by atoms with van der Waals surface area (Å²) in [6, 6.07) is 8.48. The van der Waals surface area contributed by atoms with Crippen molar-refractivity contribution in [1.82, 2.24) is 0 Å². The molecule has 1 saturated carbocycles. The summed E-state index contributed by atoms with van der Waals surface area (Å²) in [4.78, 5) is 12.7. The first-order valence-corrected chi connectivity index (χ1v) is 10.4. The van der Waals surface area contributed by atoms with E-state index in [2.05, 4.69) is 5.32 Å². The Kier molecular flexibility index (Phi) is 5.66. The monoisotopic (exact) mass is 429 g/mol. The second-order valence-electron chi connectivity index (χ2n) is 9.10. The Hall–Kier alpha value is -2.29. The molecule has 5 nitrogen and oxygen atoms in total. The van der Waals surface area contributed by atoms with Crippen molar-refractivity contribution >= 4 is 24.2 Å². The summed E-state index contributed by atoms with van der Waals surface area (Å²) < 4.78 is 46.2. The molecule has 164 valence electrons. The summed E-state index contributed by atoms with van der Waals surface area (Å²) in [7, 11) is -0.722. The van der Waals surface area contributed by atoms with Gasteiger partial charge < -0.3 is 19.4 Å². The van der Waals surface area contributed by atoms with Crippen molar-refractivity contribution in [2.45, 2.75) is 64.4 Å². The van der Waals surface area contributed by atoms with Gasteiger partial charge in [0.2, 0.25) is 0 Å². The minimum atomic E-state index is -0.722. The van der Waals surface area contributed by atoms with Gasteiger partial charge >= 0.3 is 7.12 Å². The van der Waals surface area contributed by atoms with Crippen molar-refractivity contribution in [3.8, 4) is 0 Å². The third-order valence-electron chi connectivity index (χ3n) is 6.07. The molecule has 2 aromatic carbocycles. The quantitative estimate of drug-likeness (QED) is 0.700. The molecule has 2 aromatic rings. The molecule has 1 amide bonds. The van der Waals surface area contributed by atoms with Crippen molar-refractivity contribution < 1.29 is 27.6 Å². The topological polar surface area (TPSA) is 56.8 Å². The number of carbonyl (C=O) groups is 1. The highest BCUT2D eigenvalue weighted by Crippen LogP contribution is 2.36. The first kappa shape index (κ1) is 21.9. The summed E-state index contributed by atoms with van der Waals surface area (Å²) in [6.45, 7) is 7.85. The highest BCUT2D eigenvalue weighted by atomic mass is 19.1. The van der Waals surface area contributed by atoms with Crippen LogP contribution < -0.4 is 10.8 Å². The summed E-state index contributed by atoms with van der Waals surface area (Å²) in [5, 5.41) is 2.55. The molecule has 0 spiro atoms. The molecule has 31 heavy (non-hydrogen) atoms. The third kappa shape index (κ3) is 4.66. The molecule has 8 heteroatoms. The van der Waals surface area contributed by atoms with Gasteiger partial charge in [-0.1, -0.05) is 12.1 Å². The van der Waals surface area contributed by atoms with Gasteiger partial charge in [-0.15, -0.1) is 0 Å². The molecule has 2 aliphatic rings. The molecule has 1 aliphatic carbocycles. The summed E-state index contributed by atoms with van der Waals surface area (Å²) >= 11 is 0. The van der Waals surface area contributed by atoms with E-state index < -0.39 is 35.9 Å². The van der Waals surface area contributed by atoms with Gasteiger partial charge in [-0.3, -0.25) is 4.79 Å². The fourth-order valence-electron chi connectivity index (χ4n) is 3.23. The zero-order chi connectivity index (χ0) is 22.4. The second-order valence-corrected chi connectivity index (χ2v) is 9.10. The van der Waals surface area contributed by atoms with E-state index in [1.54, 1.807) is 12.1 Å². The zero-order valence-electron chi connectivity index (χ0n) is 18.1. The largest absolute Gasteiger partial charge is 0.494 e. The molecule has 1 N–H and O–H groups in total. The number of benzene rings is 2. The maximum absolute atomic E-state index is 14.4. The van der Waals surface area contributed by atoms with Crippen LogP contribution in [0.2, 0.25) is 0 Å². The van der Waals surface area contributed by atoms with Crippen LogP contribution in [-0.2, 0) is 20.7 Å². The van der Waals surface area contributed by atoms with E-state index in [0.717, 1.165) is 12.8 Å². The number of halogens is 2. The molecule has 0 aromatic heterocycles. The summed E-state index contributed by atoms with van der Waals surface area (Å²) in [5.41, 5.74) is -0.108. The van der Waals surface area contributed by atoms with Gasteiger partial charge in [-0.05, 0) is 70.3 Å². The first-order chi connectivity index (χ1) is 14.6. The lowest BCUT2D eigenvalue weighted by molar-refractivity contribution is 0.00578. The molecule has 0 unspecified atom stereocenters. The minimum absolute atomic E-state index is 0.172. The van der Waals surface area contributed by atoms with E-state index in [4.69, 9.17) is 14.0 Å². The lowest BCUT2D eigenvalue weighted by atomic mass is 9.78. The van der Waals surface area contributed by atoms with Gasteiger partial charge in [0.05, 0.1) is 29.5 Å². The van der Waals surface area contributed by atoms with E-state index in [0.29, 0.717) is 11.0 Å². The number of rotatable bonds is 6. The van der Waals surface area contributed by atoms with Gasteiger partial charge in [0.25, 0.3) is 5.91 Å². The predicted molar refractivity (Wildman–Crippen MR) is 114 cm³/mol. The summed E-state index contributed by atoms with van der Waals surface area (Å²) in [6.07, 6.45) is 2.23. The van der Waals surface area contributed by atoms with Gasteiger partial charge in [-0.25, -0.2) is 8.78 Å². The van der Waals surface area contributed by atoms with Crippen LogP contribution in [0.25, 0.3) is 0 Å². The van der Waals surface area contributed by atoms with Gasteiger partial charge in [0, 0.05) is 11.3 Å². The van der Waals surface area contributed by atoms with E-state index >= 15 is 0 Å². The van der Waals surface area contributed by atoms with Crippen LogP contribution in [-0.4, -0.2) is 30.3 Å². The smallest absolute Gasteiger partial charge is 0.399 e. The molecule has 0 atom stereocenters. The minimum Gasteiger partial charge on any atom is -0.399 e. The molecule has 2 fully saturated rings. The second kappa shape index (κ2) is 8.00. The van der Waals surface area contributed by atoms with Crippen LogP contribution in [0.4, 0.5) is 14.5 Å². The number of carbonyl (C=O) groups excluding carboxylic acids is 1. The Morgan fingerprint density at radius 3 is 2.35 bits per heavy atom. The lowest BCUT2D eigenvalue weighted by Gasteiger charge is -2.32. The Morgan fingerprint density at radius 2 is 1.74 bits per heavy atom. The van der Waals surface area contributed by atoms with Crippen molar-refractivity contribution in [2.75, 3.05) is 5.32 Å². The van der Waals surface area contributed by atoms with Gasteiger partial charge in [0.15, 0.2) is 0 Å². The number of hydrogen-bond donors (Lipinski definition) is 1. The van der Waals surface area contributed by atoms with E-state index in [-0.39, 0.29) is 24.0 Å². The number of ether oxygens (including phenoxy) is 1. The molecular weight excluding hydrogens is 403 g/mol. The van der Waals surface area contributed by atoms with Crippen LogP contribution >= 0.6 is 0 Å². The van der Waals surface area contributed by atoms with Crippen LogP contribution in [0.3, 0.4) is 0 Å². The first-order valence-electron chi connectivity index (χ1n) is 10.4. The highest BCUT2D eigenvalue weighted by Gasteiger charge is 2.51. The van der Waals surface area contributed by atoms with Crippen molar-refractivity contribution in [2.24, 2.45) is 0 Å². The number of nitrogens with one attached hydrogen (secondary N) is 1. The normalized spacial score (nSPS) is 19.5. The molecule has 0 radical (unpaired) electrons. The SMILES string of the molecule is CC1(C)OB(c2ccc(F)c(C(=O)Nc3ccc(COC4CC4)c(F)c3)c2)OC1(C)C. The standard InChI is InChI=1S/C23H26BF2NO4/c1-22(2)23(3,4)31-24(30-22)15-6-10-19(25)18(11-15)21(28)27-16-7-5-14(20(26)12-16)13-29-17-8-9-17/h5-7,10-12,17H,8-9,13H2,1-4H3,(H,27,28). The fourth-order valence-corrected chi connectivity index (χ4v) is 3.23. The Labute approximate surface area is 181 Å². The maximum Gasteiger partial charge on any atom is 0.494 e. The van der Waals surface area contributed by atoms with Gasteiger partial charge in [-0.2, -0.15) is 0 Å². The number of amides is 1. The van der Waals surface area contributed by atoms with Crippen molar-refractivity contribution in [3.05, 3.63) is 59.2 Å². The molecule has 1 heterocycles. The van der Waals surface area contributed by atoms with Gasteiger partial charge in [0.1, 0.15) is 11.6 Å². The molecule has 0 bridgehead atoms. The summed E-state index contributed by atoms with van der Waals surface area (Å²) in [5.74, 6) is -1.85.